The second kappa shape index (κ2) is 2.40. The summed E-state index contributed by atoms with van der Waals surface area (Å²) in [5, 5.41) is 14.1. The first-order valence-electron chi connectivity index (χ1n) is 3.40. The fourth-order valence-corrected chi connectivity index (χ4v) is 0.930. The molecule has 2 heterocycles. The monoisotopic (exact) mass is 165 g/mol. The largest absolute Gasteiger partial charge is 0.478 e. The van der Waals surface area contributed by atoms with E-state index in [1.807, 2.05) is 0 Å². The number of aromatic nitrogens is 5. The van der Waals surface area contributed by atoms with Crippen molar-refractivity contribution in [2.45, 2.75) is 6.92 Å². The zero-order valence-electron chi connectivity index (χ0n) is 6.70. The van der Waals surface area contributed by atoms with E-state index in [-0.39, 0.29) is 0 Å². The van der Waals surface area contributed by atoms with E-state index in [0.717, 1.165) is 0 Å². The van der Waals surface area contributed by atoms with Gasteiger partial charge in [0.1, 0.15) is 5.82 Å². The van der Waals surface area contributed by atoms with Gasteiger partial charge in [-0.1, -0.05) is 0 Å². The third kappa shape index (κ3) is 0.884. The van der Waals surface area contributed by atoms with Gasteiger partial charge in [-0.15, -0.1) is 15.3 Å². The van der Waals surface area contributed by atoms with Crippen LogP contribution in [0.3, 0.4) is 0 Å². The molecular formula is C6H7N5O. The van der Waals surface area contributed by atoms with Crippen molar-refractivity contribution < 1.29 is 4.74 Å². The minimum atomic E-state index is 0.447. The third-order valence-corrected chi connectivity index (χ3v) is 1.45. The summed E-state index contributed by atoms with van der Waals surface area (Å²) in [6.07, 6.45) is 0. The molecule has 2 rings (SSSR count). The molecule has 12 heavy (non-hydrogen) atoms. The van der Waals surface area contributed by atoms with Crippen molar-refractivity contribution in [3.05, 3.63) is 5.82 Å². The minimum Gasteiger partial charge on any atom is -0.478 e. The standard InChI is InChI=1S/C6H7N5O/c1-3-7-4-5(9-8-3)10-11-6(4)12-2/h1-2H3,(H,9,10,11). The van der Waals surface area contributed by atoms with Crippen LogP contribution < -0.4 is 4.74 Å². The normalized spacial score (nSPS) is 10.5. The molecule has 62 valence electrons. The zero-order chi connectivity index (χ0) is 8.55. The summed E-state index contributed by atoms with van der Waals surface area (Å²) in [7, 11) is 1.53. The Balaban J connectivity index is 2.75. The average Bonchev–Trinajstić information content (AvgIpc) is 2.46. The van der Waals surface area contributed by atoms with Crippen LogP contribution in [0.15, 0.2) is 0 Å². The smallest absolute Gasteiger partial charge is 0.261 e. The van der Waals surface area contributed by atoms with Gasteiger partial charge in [-0.25, -0.2) is 4.98 Å². The molecule has 2 aromatic rings. The molecule has 0 amide bonds. The molecule has 0 saturated heterocycles. The molecule has 0 unspecified atom stereocenters. The number of nitrogens with one attached hydrogen (secondary N) is 1. The predicted octanol–water partition coefficient (Wildman–Crippen LogP) is 0.0649. The fourth-order valence-electron chi connectivity index (χ4n) is 0.930. The molecule has 0 aliphatic heterocycles. The molecule has 0 fully saturated rings. The highest BCUT2D eigenvalue weighted by molar-refractivity contribution is 5.74. The molecule has 6 nitrogen and oxygen atoms in total. The Morgan fingerprint density at radius 2 is 2.17 bits per heavy atom. The van der Waals surface area contributed by atoms with E-state index < -0.39 is 0 Å². The lowest BCUT2D eigenvalue weighted by Gasteiger charge is -1.92. The van der Waals surface area contributed by atoms with Gasteiger partial charge in [0.2, 0.25) is 5.65 Å². The maximum atomic E-state index is 4.95. The summed E-state index contributed by atoms with van der Waals surface area (Å²) < 4.78 is 4.95. The molecule has 0 aliphatic rings. The van der Waals surface area contributed by atoms with Gasteiger partial charge in [0.25, 0.3) is 5.88 Å². The quantitative estimate of drug-likeness (QED) is 0.646. The van der Waals surface area contributed by atoms with E-state index in [9.17, 15) is 0 Å². The first-order valence-corrected chi connectivity index (χ1v) is 3.40. The lowest BCUT2D eigenvalue weighted by molar-refractivity contribution is 0.400. The number of fused-ring (bicyclic) bond motifs is 1. The van der Waals surface area contributed by atoms with Crippen molar-refractivity contribution in [1.82, 2.24) is 25.4 Å². The molecule has 6 heteroatoms. The Bertz CT molecular complexity index is 409. The molecule has 0 aliphatic carbocycles. The van der Waals surface area contributed by atoms with E-state index in [1.54, 1.807) is 6.92 Å². The van der Waals surface area contributed by atoms with Crippen LogP contribution in [0.2, 0.25) is 0 Å². The van der Waals surface area contributed by atoms with Crippen molar-refractivity contribution in [3.63, 3.8) is 0 Å². The van der Waals surface area contributed by atoms with Crippen molar-refractivity contribution >= 4 is 11.2 Å². The van der Waals surface area contributed by atoms with Gasteiger partial charge in [-0.3, -0.25) is 5.10 Å². The van der Waals surface area contributed by atoms with Gasteiger partial charge in [0.15, 0.2) is 5.52 Å². The van der Waals surface area contributed by atoms with Crippen LogP contribution in [-0.2, 0) is 0 Å². The molecule has 0 spiro atoms. The van der Waals surface area contributed by atoms with Gasteiger partial charge >= 0.3 is 0 Å². The Morgan fingerprint density at radius 1 is 1.33 bits per heavy atom. The van der Waals surface area contributed by atoms with Crippen LogP contribution in [0.25, 0.3) is 11.2 Å². The molecule has 0 aromatic carbocycles. The van der Waals surface area contributed by atoms with Crippen LogP contribution >= 0.6 is 0 Å². The van der Waals surface area contributed by atoms with E-state index in [0.29, 0.717) is 22.9 Å². The topological polar surface area (TPSA) is 76.6 Å². The molecule has 0 atom stereocenters. The van der Waals surface area contributed by atoms with Crippen LogP contribution in [0, 0.1) is 6.92 Å². The second-order valence-corrected chi connectivity index (χ2v) is 2.29. The van der Waals surface area contributed by atoms with Crippen LogP contribution in [0.1, 0.15) is 5.82 Å². The SMILES string of the molecule is COc1n[nH]c2nnc(C)nc12. The molecular weight excluding hydrogens is 158 g/mol. The summed E-state index contributed by atoms with van der Waals surface area (Å²) in [5.74, 6) is 1.05. The number of hydrogen-bond acceptors (Lipinski definition) is 5. The Labute approximate surface area is 68.0 Å². The van der Waals surface area contributed by atoms with E-state index >= 15 is 0 Å². The van der Waals surface area contributed by atoms with Gasteiger partial charge in [-0.2, -0.15) is 0 Å². The fraction of sp³-hybridized carbons (Fsp3) is 0.333. The van der Waals surface area contributed by atoms with Gasteiger partial charge in [-0.05, 0) is 6.92 Å². The van der Waals surface area contributed by atoms with Crippen LogP contribution in [0.5, 0.6) is 5.88 Å². The lowest BCUT2D eigenvalue weighted by Crippen LogP contribution is -1.92. The second-order valence-electron chi connectivity index (χ2n) is 2.29. The van der Waals surface area contributed by atoms with Gasteiger partial charge in [0.05, 0.1) is 7.11 Å². The Hall–Kier alpha value is -1.72. The average molecular weight is 165 g/mol. The Kier molecular flexibility index (Phi) is 1.39. The van der Waals surface area contributed by atoms with Crippen molar-refractivity contribution in [1.29, 1.82) is 0 Å². The first kappa shape index (κ1) is 6.96. The summed E-state index contributed by atoms with van der Waals surface area (Å²) in [4.78, 5) is 4.11. The van der Waals surface area contributed by atoms with Crippen molar-refractivity contribution in [3.8, 4) is 5.88 Å². The number of aryl methyl sites for hydroxylation is 1. The first-order chi connectivity index (χ1) is 5.81. The number of H-pyrrole nitrogens is 1. The van der Waals surface area contributed by atoms with Crippen molar-refractivity contribution in [2.75, 3.05) is 7.11 Å². The molecule has 0 bridgehead atoms. The number of methoxy groups -OCH3 is 1. The highest BCUT2D eigenvalue weighted by Gasteiger charge is 2.08. The summed E-state index contributed by atoms with van der Waals surface area (Å²) >= 11 is 0. The summed E-state index contributed by atoms with van der Waals surface area (Å²) in [5.41, 5.74) is 1.16. The Morgan fingerprint density at radius 3 is 2.92 bits per heavy atom. The zero-order valence-corrected chi connectivity index (χ0v) is 6.70. The number of rotatable bonds is 1. The van der Waals surface area contributed by atoms with Crippen molar-refractivity contribution in [2.24, 2.45) is 0 Å². The van der Waals surface area contributed by atoms with Gasteiger partial charge < -0.3 is 4.74 Å². The van der Waals surface area contributed by atoms with E-state index in [1.165, 1.54) is 7.11 Å². The molecule has 1 N–H and O–H groups in total. The van der Waals surface area contributed by atoms with Crippen LogP contribution in [0.4, 0.5) is 0 Å². The maximum absolute atomic E-state index is 4.95. The number of ether oxygens (including phenoxy) is 1. The third-order valence-electron chi connectivity index (χ3n) is 1.45. The number of hydrogen-bond donors (Lipinski definition) is 1. The van der Waals surface area contributed by atoms with Gasteiger partial charge in [0, 0.05) is 0 Å². The number of nitrogens with zero attached hydrogens (tertiary/aromatic N) is 4. The molecule has 0 radical (unpaired) electrons. The lowest BCUT2D eigenvalue weighted by atomic mass is 10.5. The maximum Gasteiger partial charge on any atom is 0.261 e. The molecule has 2 aromatic heterocycles. The summed E-state index contributed by atoms with van der Waals surface area (Å²) in [6.45, 7) is 1.76. The highest BCUT2D eigenvalue weighted by atomic mass is 16.5. The number of aromatic amines is 1. The highest BCUT2D eigenvalue weighted by Crippen LogP contribution is 2.16. The van der Waals surface area contributed by atoms with Crippen LogP contribution in [-0.4, -0.2) is 32.5 Å². The predicted molar refractivity (Wildman–Crippen MR) is 40.8 cm³/mol. The summed E-state index contributed by atoms with van der Waals surface area (Å²) in [6, 6.07) is 0. The molecule has 0 saturated carbocycles. The minimum absolute atomic E-state index is 0.447. The van der Waals surface area contributed by atoms with E-state index in [4.69, 9.17) is 4.74 Å². The van der Waals surface area contributed by atoms with E-state index in [2.05, 4.69) is 25.4 Å².